The minimum atomic E-state index is 0.494. The Morgan fingerprint density at radius 3 is 2.75 bits per heavy atom. The first-order valence-electron chi connectivity index (χ1n) is 4.83. The van der Waals surface area contributed by atoms with E-state index in [0.717, 1.165) is 16.9 Å². The quantitative estimate of drug-likeness (QED) is 0.660. The van der Waals surface area contributed by atoms with Crippen molar-refractivity contribution in [3.8, 4) is 11.3 Å². The molecule has 0 aliphatic carbocycles. The van der Waals surface area contributed by atoms with Gasteiger partial charge in [-0.2, -0.15) is 0 Å². The first-order chi connectivity index (χ1) is 7.83. The highest BCUT2D eigenvalue weighted by atomic mass is 15.1. The van der Waals surface area contributed by atoms with Gasteiger partial charge in [0.05, 0.1) is 18.1 Å². The Balaban J connectivity index is 2.18. The standard InChI is InChI=1S/C11H9N5/c12-10-7-16-6-9(14-5-11(16)15-10)8-1-3-13-4-2-8/h1-7H,12H2. The van der Waals surface area contributed by atoms with E-state index in [1.165, 1.54) is 0 Å². The highest BCUT2D eigenvalue weighted by Crippen LogP contribution is 2.16. The molecule has 3 aromatic rings. The minimum Gasteiger partial charge on any atom is -0.382 e. The molecule has 3 heterocycles. The predicted octanol–water partition coefficient (Wildman–Crippen LogP) is 1.37. The topological polar surface area (TPSA) is 69.1 Å². The van der Waals surface area contributed by atoms with Crippen LogP contribution in [0.15, 0.2) is 43.1 Å². The van der Waals surface area contributed by atoms with E-state index < -0.39 is 0 Å². The van der Waals surface area contributed by atoms with Crippen LogP contribution in [-0.4, -0.2) is 19.4 Å². The number of hydrogen-bond acceptors (Lipinski definition) is 4. The lowest BCUT2D eigenvalue weighted by Gasteiger charge is -2.00. The maximum Gasteiger partial charge on any atom is 0.157 e. The second kappa shape index (κ2) is 3.30. The first kappa shape index (κ1) is 8.84. The van der Waals surface area contributed by atoms with Crippen LogP contribution in [-0.2, 0) is 0 Å². The SMILES string of the molecule is Nc1cn2cc(-c3ccncc3)ncc2n1. The smallest absolute Gasteiger partial charge is 0.157 e. The molecule has 5 nitrogen and oxygen atoms in total. The van der Waals surface area contributed by atoms with Gasteiger partial charge in [0.2, 0.25) is 0 Å². The van der Waals surface area contributed by atoms with E-state index in [-0.39, 0.29) is 0 Å². The molecule has 0 unspecified atom stereocenters. The number of nitrogens with zero attached hydrogens (tertiary/aromatic N) is 4. The summed E-state index contributed by atoms with van der Waals surface area (Å²) in [5.41, 5.74) is 8.24. The van der Waals surface area contributed by atoms with Gasteiger partial charge in [0.25, 0.3) is 0 Å². The Kier molecular flexibility index (Phi) is 1.83. The number of rotatable bonds is 1. The molecular formula is C11H9N5. The number of nitrogen functional groups attached to an aromatic ring is 1. The molecule has 0 spiro atoms. The summed E-state index contributed by atoms with van der Waals surface area (Å²) in [7, 11) is 0. The van der Waals surface area contributed by atoms with Gasteiger partial charge in [-0.25, -0.2) is 4.98 Å². The summed E-state index contributed by atoms with van der Waals surface area (Å²) in [4.78, 5) is 12.4. The lowest BCUT2D eigenvalue weighted by Crippen LogP contribution is -1.89. The van der Waals surface area contributed by atoms with Gasteiger partial charge in [-0.3, -0.25) is 9.97 Å². The average Bonchev–Trinajstić information content (AvgIpc) is 2.69. The third-order valence-electron chi connectivity index (χ3n) is 2.34. The number of anilines is 1. The Hall–Kier alpha value is -2.43. The lowest BCUT2D eigenvalue weighted by molar-refractivity contribution is 1.13. The molecule has 3 rings (SSSR count). The van der Waals surface area contributed by atoms with Crippen LogP contribution in [0, 0.1) is 0 Å². The molecule has 0 radical (unpaired) electrons. The number of pyridine rings is 1. The van der Waals surface area contributed by atoms with E-state index in [4.69, 9.17) is 5.73 Å². The van der Waals surface area contributed by atoms with Gasteiger partial charge < -0.3 is 10.1 Å². The summed E-state index contributed by atoms with van der Waals surface area (Å²) < 4.78 is 1.86. The summed E-state index contributed by atoms with van der Waals surface area (Å²) in [6.45, 7) is 0. The van der Waals surface area contributed by atoms with Crippen LogP contribution in [0.25, 0.3) is 16.9 Å². The van der Waals surface area contributed by atoms with Gasteiger partial charge in [-0.1, -0.05) is 0 Å². The largest absolute Gasteiger partial charge is 0.382 e. The maximum absolute atomic E-state index is 5.61. The molecule has 16 heavy (non-hydrogen) atoms. The lowest BCUT2D eigenvalue weighted by atomic mass is 10.2. The molecule has 0 saturated heterocycles. The number of hydrogen-bond donors (Lipinski definition) is 1. The summed E-state index contributed by atoms with van der Waals surface area (Å²) >= 11 is 0. The molecule has 2 N–H and O–H groups in total. The molecule has 0 aromatic carbocycles. The Labute approximate surface area is 91.6 Å². The highest BCUT2D eigenvalue weighted by molar-refractivity contribution is 5.59. The monoisotopic (exact) mass is 211 g/mol. The third kappa shape index (κ3) is 1.38. The molecule has 5 heteroatoms. The van der Waals surface area contributed by atoms with E-state index in [1.54, 1.807) is 24.8 Å². The minimum absolute atomic E-state index is 0.494. The van der Waals surface area contributed by atoms with Crippen molar-refractivity contribution in [1.29, 1.82) is 0 Å². The van der Waals surface area contributed by atoms with E-state index in [9.17, 15) is 0 Å². The van der Waals surface area contributed by atoms with E-state index in [1.807, 2.05) is 22.7 Å². The zero-order valence-corrected chi connectivity index (χ0v) is 8.41. The van der Waals surface area contributed by atoms with Crippen molar-refractivity contribution >= 4 is 11.5 Å². The fraction of sp³-hybridized carbons (Fsp3) is 0. The first-order valence-corrected chi connectivity index (χ1v) is 4.83. The second-order valence-corrected chi connectivity index (χ2v) is 3.44. The van der Waals surface area contributed by atoms with Crippen molar-refractivity contribution in [1.82, 2.24) is 19.4 Å². The summed E-state index contributed by atoms with van der Waals surface area (Å²) in [5, 5.41) is 0. The van der Waals surface area contributed by atoms with Crippen molar-refractivity contribution in [2.45, 2.75) is 0 Å². The van der Waals surface area contributed by atoms with E-state index in [0.29, 0.717) is 5.82 Å². The van der Waals surface area contributed by atoms with Crippen LogP contribution in [0.5, 0.6) is 0 Å². The van der Waals surface area contributed by atoms with Crippen molar-refractivity contribution in [3.63, 3.8) is 0 Å². The molecule has 3 aromatic heterocycles. The summed E-state index contributed by atoms with van der Waals surface area (Å²) in [6, 6.07) is 3.82. The Morgan fingerprint density at radius 1 is 1.12 bits per heavy atom. The molecule has 0 aliphatic heterocycles. The molecule has 0 saturated carbocycles. The Morgan fingerprint density at radius 2 is 1.94 bits per heavy atom. The molecule has 78 valence electrons. The van der Waals surface area contributed by atoms with Gasteiger partial charge in [0.15, 0.2) is 5.65 Å². The van der Waals surface area contributed by atoms with Gasteiger partial charge in [-0.05, 0) is 12.1 Å². The molecule has 0 aliphatic rings. The summed E-state index contributed by atoms with van der Waals surface area (Å²) in [6.07, 6.45) is 8.84. The molecule has 0 atom stereocenters. The van der Waals surface area contributed by atoms with Gasteiger partial charge in [0.1, 0.15) is 5.82 Å². The third-order valence-corrected chi connectivity index (χ3v) is 2.34. The molecule has 0 fully saturated rings. The van der Waals surface area contributed by atoms with Gasteiger partial charge in [0, 0.05) is 24.2 Å². The zero-order chi connectivity index (χ0) is 11.0. The Bertz CT molecular complexity index is 629. The van der Waals surface area contributed by atoms with Crippen LogP contribution in [0.4, 0.5) is 5.82 Å². The average molecular weight is 211 g/mol. The van der Waals surface area contributed by atoms with Crippen molar-refractivity contribution < 1.29 is 0 Å². The molecule has 0 bridgehead atoms. The van der Waals surface area contributed by atoms with E-state index in [2.05, 4.69) is 15.0 Å². The van der Waals surface area contributed by atoms with E-state index >= 15 is 0 Å². The van der Waals surface area contributed by atoms with Crippen molar-refractivity contribution in [3.05, 3.63) is 43.1 Å². The number of aromatic nitrogens is 4. The predicted molar refractivity (Wildman–Crippen MR) is 60.6 cm³/mol. The number of fused-ring (bicyclic) bond motifs is 1. The van der Waals surface area contributed by atoms with Crippen molar-refractivity contribution in [2.75, 3.05) is 5.73 Å². The van der Waals surface area contributed by atoms with Crippen LogP contribution < -0.4 is 5.73 Å². The fourth-order valence-electron chi connectivity index (χ4n) is 1.59. The van der Waals surface area contributed by atoms with Crippen LogP contribution in [0.3, 0.4) is 0 Å². The zero-order valence-electron chi connectivity index (χ0n) is 8.41. The van der Waals surface area contributed by atoms with Crippen molar-refractivity contribution in [2.24, 2.45) is 0 Å². The highest BCUT2D eigenvalue weighted by Gasteiger charge is 2.02. The van der Waals surface area contributed by atoms with Crippen LogP contribution in [0.2, 0.25) is 0 Å². The fourth-order valence-corrected chi connectivity index (χ4v) is 1.59. The van der Waals surface area contributed by atoms with Crippen LogP contribution in [0.1, 0.15) is 0 Å². The van der Waals surface area contributed by atoms with Gasteiger partial charge >= 0.3 is 0 Å². The summed E-state index contributed by atoms with van der Waals surface area (Å²) in [5.74, 6) is 0.494. The second-order valence-electron chi connectivity index (χ2n) is 3.44. The number of imidazole rings is 1. The molecular weight excluding hydrogens is 202 g/mol. The number of nitrogens with two attached hydrogens (primary N) is 1. The van der Waals surface area contributed by atoms with Gasteiger partial charge in [-0.15, -0.1) is 0 Å². The maximum atomic E-state index is 5.61. The van der Waals surface area contributed by atoms with Crippen LogP contribution >= 0.6 is 0 Å². The molecule has 0 amide bonds. The normalized spacial score (nSPS) is 10.8.